The van der Waals surface area contributed by atoms with E-state index in [2.05, 4.69) is 27.7 Å². The molecule has 132 valence electrons. The molecule has 24 heavy (non-hydrogen) atoms. The third-order valence-electron chi connectivity index (χ3n) is 3.59. The molecule has 1 saturated heterocycles. The summed E-state index contributed by atoms with van der Waals surface area (Å²) in [5, 5.41) is 5.69. The van der Waals surface area contributed by atoms with E-state index in [0.29, 0.717) is 39.4 Å². The molecule has 0 radical (unpaired) electrons. The average Bonchev–Trinajstić information content (AvgIpc) is 2.58. The van der Waals surface area contributed by atoms with Crippen LogP contribution >= 0.6 is 0 Å². The molecule has 2 N–H and O–H groups in total. The molecule has 7 nitrogen and oxygen atoms in total. The van der Waals surface area contributed by atoms with Gasteiger partial charge in [0.2, 0.25) is 11.8 Å². The highest BCUT2D eigenvalue weighted by Gasteiger charge is 2.09. The zero-order valence-corrected chi connectivity index (χ0v) is 13.8. The molecule has 0 aromatic heterocycles. The monoisotopic (exact) mass is 335 g/mol. The van der Waals surface area contributed by atoms with Crippen molar-refractivity contribution in [3.05, 3.63) is 35.9 Å². The Morgan fingerprint density at radius 3 is 1.96 bits per heavy atom. The molecule has 0 unspecified atom stereocenters. The van der Waals surface area contributed by atoms with Gasteiger partial charge in [-0.25, -0.2) is 0 Å². The summed E-state index contributed by atoms with van der Waals surface area (Å²) in [7, 11) is 0. The maximum absolute atomic E-state index is 11.7. The second-order valence-corrected chi connectivity index (χ2v) is 5.57. The van der Waals surface area contributed by atoms with Gasteiger partial charge in [-0.05, 0) is 5.56 Å². The highest BCUT2D eigenvalue weighted by atomic mass is 16.5. The predicted molar refractivity (Wildman–Crippen MR) is 89.4 cm³/mol. The van der Waals surface area contributed by atoms with Crippen LogP contribution in [0.15, 0.2) is 30.3 Å². The molecule has 0 spiro atoms. The first kappa shape index (κ1) is 18.4. The maximum atomic E-state index is 11.7. The van der Waals surface area contributed by atoms with E-state index < -0.39 is 0 Å². The third-order valence-corrected chi connectivity index (χ3v) is 3.59. The van der Waals surface area contributed by atoms with Crippen LogP contribution in [0.25, 0.3) is 0 Å². The Labute approximate surface area is 142 Å². The summed E-state index contributed by atoms with van der Waals surface area (Å²) in [6, 6.07) is 10.1. The largest absolute Gasteiger partial charge is 0.369 e. The van der Waals surface area contributed by atoms with E-state index in [0.717, 1.165) is 6.54 Å². The number of amides is 2. The smallest absolute Gasteiger partial charge is 0.246 e. The van der Waals surface area contributed by atoms with E-state index in [-0.39, 0.29) is 25.0 Å². The van der Waals surface area contributed by atoms with Crippen LogP contribution in [-0.2, 0) is 25.6 Å². The summed E-state index contributed by atoms with van der Waals surface area (Å²) >= 11 is 0. The van der Waals surface area contributed by atoms with Crippen LogP contribution in [0.5, 0.6) is 0 Å². The fourth-order valence-electron chi connectivity index (χ4n) is 2.37. The molecular weight excluding hydrogens is 310 g/mol. The van der Waals surface area contributed by atoms with Crippen LogP contribution < -0.4 is 10.6 Å². The molecule has 0 atom stereocenters. The van der Waals surface area contributed by atoms with E-state index in [4.69, 9.17) is 9.47 Å². The summed E-state index contributed by atoms with van der Waals surface area (Å²) in [6.07, 6.45) is 0. The number of benzene rings is 1. The van der Waals surface area contributed by atoms with Gasteiger partial charge in [-0.15, -0.1) is 0 Å². The number of hydrogen-bond donors (Lipinski definition) is 2. The SMILES string of the molecule is O=C1COCCOCC(=O)NCCN(Cc2ccccc2)CCN1. The second-order valence-electron chi connectivity index (χ2n) is 5.57. The number of hydrogen-bond acceptors (Lipinski definition) is 5. The molecule has 7 heteroatoms. The first-order valence-corrected chi connectivity index (χ1v) is 8.19. The number of carbonyl (C=O) groups is 2. The Balaban J connectivity index is 1.89. The Kier molecular flexibility index (Phi) is 8.23. The highest BCUT2D eigenvalue weighted by Crippen LogP contribution is 2.03. The Hall–Kier alpha value is -1.96. The van der Waals surface area contributed by atoms with E-state index in [1.54, 1.807) is 0 Å². The van der Waals surface area contributed by atoms with Crippen LogP contribution in [0.3, 0.4) is 0 Å². The van der Waals surface area contributed by atoms with Gasteiger partial charge >= 0.3 is 0 Å². The van der Waals surface area contributed by atoms with Crippen molar-refractivity contribution in [2.45, 2.75) is 6.54 Å². The van der Waals surface area contributed by atoms with E-state index >= 15 is 0 Å². The van der Waals surface area contributed by atoms with E-state index in [1.165, 1.54) is 5.56 Å². The zero-order valence-electron chi connectivity index (χ0n) is 13.8. The number of nitrogens with one attached hydrogen (secondary N) is 2. The minimum Gasteiger partial charge on any atom is -0.369 e. The molecule has 2 amide bonds. The lowest BCUT2D eigenvalue weighted by molar-refractivity contribution is -0.129. The van der Waals surface area contributed by atoms with Gasteiger partial charge in [0.15, 0.2) is 0 Å². The molecule has 0 aliphatic carbocycles. The summed E-state index contributed by atoms with van der Waals surface area (Å²) in [5.74, 6) is -0.280. The van der Waals surface area contributed by atoms with Crippen molar-refractivity contribution >= 4 is 11.8 Å². The third kappa shape index (κ3) is 7.54. The summed E-state index contributed by atoms with van der Waals surface area (Å²) < 4.78 is 10.4. The Bertz CT molecular complexity index is 484. The molecule has 0 bridgehead atoms. The van der Waals surface area contributed by atoms with Crippen molar-refractivity contribution in [2.24, 2.45) is 0 Å². The quantitative estimate of drug-likeness (QED) is 0.780. The average molecular weight is 335 g/mol. The predicted octanol–water partition coefficient (Wildman–Crippen LogP) is -0.232. The first-order valence-electron chi connectivity index (χ1n) is 8.19. The molecule has 0 saturated carbocycles. The van der Waals surface area contributed by atoms with E-state index in [9.17, 15) is 9.59 Å². The van der Waals surface area contributed by atoms with Gasteiger partial charge in [-0.1, -0.05) is 30.3 Å². The Morgan fingerprint density at radius 1 is 0.875 bits per heavy atom. The van der Waals surface area contributed by atoms with E-state index in [1.807, 2.05) is 18.2 Å². The fourth-order valence-corrected chi connectivity index (χ4v) is 2.37. The summed E-state index contributed by atoms with van der Waals surface area (Å²) in [6.45, 7) is 3.85. The van der Waals surface area contributed by atoms with Gasteiger partial charge in [0.25, 0.3) is 0 Å². The lowest BCUT2D eigenvalue weighted by atomic mass is 10.2. The first-order chi connectivity index (χ1) is 11.7. The minimum absolute atomic E-state index is 0.00818. The van der Waals surface area contributed by atoms with Crippen LogP contribution in [0.2, 0.25) is 0 Å². The van der Waals surface area contributed by atoms with Crippen molar-refractivity contribution in [3.8, 4) is 0 Å². The zero-order chi connectivity index (χ0) is 17.0. The second kappa shape index (κ2) is 10.7. The van der Waals surface area contributed by atoms with Crippen molar-refractivity contribution in [1.82, 2.24) is 15.5 Å². The Morgan fingerprint density at radius 2 is 1.42 bits per heavy atom. The maximum Gasteiger partial charge on any atom is 0.246 e. The fraction of sp³-hybridized carbons (Fsp3) is 0.529. The molecule has 1 aliphatic heterocycles. The molecule has 2 rings (SSSR count). The van der Waals surface area contributed by atoms with Gasteiger partial charge in [0.05, 0.1) is 13.2 Å². The highest BCUT2D eigenvalue weighted by molar-refractivity contribution is 5.77. The van der Waals surface area contributed by atoms with Crippen LogP contribution in [0, 0.1) is 0 Å². The van der Waals surface area contributed by atoms with Crippen LogP contribution in [-0.4, -0.2) is 69.3 Å². The molecular formula is C17H25N3O4. The van der Waals surface area contributed by atoms with Gasteiger partial charge in [-0.2, -0.15) is 0 Å². The lowest BCUT2D eigenvalue weighted by Gasteiger charge is -2.22. The van der Waals surface area contributed by atoms with Crippen molar-refractivity contribution in [1.29, 1.82) is 0 Å². The van der Waals surface area contributed by atoms with Gasteiger partial charge < -0.3 is 20.1 Å². The van der Waals surface area contributed by atoms with Crippen LogP contribution in [0.1, 0.15) is 5.56 Å². The van der Waals surface area contributed by atoms with Gasteiger partial charge in [0, 0.05) is 32.7 Å². The van der Waals surface area contributed by atoms with Gasteiger partial charge in [0.1, 0.15) is 13.2 Å². The molecule has 1 heterocycles. The van der Waals surface area contributed by atoms with Crippen molar-refractivity contribution < 1.29 is 19.1 Å². The summed E-state index contributed by atoms with van der Waals surface area (Å²) in [4.78, 5) is 25.5. The minimum atomic E-state index is -0.140. The number of nitrogens with zero attached hydrogens (tertiary/aromatic N) is 1. The van der Waals surface area contributed by atoms with Gasteiger partial charge in [-0.3, -0.25) is 14.5 Å². The van der Waals surface area contributed by atoms with Crippen molar-refractivity contribution in [3.63, 3.8) is 0 Å². The molecule has 1 aromatic rings. The van der Waals surface area contributed by atoms with Crippen LogP contribution in [0.4, 0.5) is 0 Å². The number of carbonyl (C=O) groups excluding carboxylic acids is 2. The molecule has 1 fully saturated rings. The standard InChI is InChI=1S/C17H25N3O4/c21-16-13-23-10-11-24-14-17(22)19-7-9-20(8-6-18-16)12-15-4-2-1-3-5-15/h1-5H,6-14H2,(H,18,21)(H,19,22). The van der Waals surface area contributed by atoms with Crippen molar-refractivity contribution in [2.75, 3.05) is 52.6 Å². The topological polar surface area (TPSA) is 79.9 Å². The molecule has 1 aliphatic rings. The molecule has 1 aromatic carbocycles. The normalized spacial score (nSPS) is 19.7. The number of rotatable bonds is 2. The number of ether oxygens (including phenoxy) is 2. The summed E-state index contributed by atoms with van der Waals surface area (Å²) in [5.41, 5.74) is 1.19. The lowest BCUT2D eigenvalue weighted by Crippen LogP contribution is -2.40.